The predicted molar refractivity (Wildman–Crippen MR) is 120 cm³/mol. The van der Waals surface area contributed by atoms with E-state index in [0.29, 0.717) is 12.1 Å². The number of carboxylic acid groups (broad SMARTS) is 1. The molecule has 0 bridgehead atoms. The number of aromatic nitrogens is 4. The number of aromatic carboxylic acids is 1. The Morgan fingerprint density at radius 1 is 1.13 bits per heavy atom. The van der Waals surface area contributed by atoms with Crippen molar-refractivity contribution in [2.45, 2.75) is 64.8 Å². The summed E-state index contributed by atoms with van der Waals surface area (Å²) < 4.78 is 2.06. The normalized spacial score (nSPS) is 14.6. The maximum absolute atomic E-state index is 11.5. The van der Waals surface area contributed by atoms with E-state index < -0.39 is 5.97 Å². The summed E-state index contributed by atoms with van der Waals surface area (Å²) in [5.74, 6) is 1.74. The van der Waals surface area contributed by atoms with Crippen LogP contribution in [0.1, 0.15) is 73.0 Å². The van der Waals surface area contributed by atoms with Crippen molar-refractivity contribution in [1.82, 2.24) is 19.7 Å². The molecule has 6 heteroatoms. The first kappa shape index (κ1) is 21.2. The molecule has 1 N–H and O–H groups in total. The molecule has 0 spiro atoms. The maximum Gasteiger partial charge on any atom is 0.337 e. The second kappa shape index (κ2) is 9.86. The zero-order chi connectivity index (χ0) is 21.6. The van der Waals surface area contributed by atoms with Crippen LogP contribution in [0, 0.1) is 5.92 Å². The van der Waals surface area contributed by atoms with Crippen LogP contribution < -0.4 is 0 Å². The van der Waals surface area contributed by atoms with E-state index in [-0.39, 0.29) is 5.56 Å². The van der Waals surface area contributed by atoms with E-state index >= 15 is 0 Å². The average molecular weight is 419 g/mol. The first-order valence-electron chi connectivity index (χ1n) is 11.3. The minimum absolute atomic E-state index is 0.213. The minimum atomic E-state index is -0.967. The lowest BCUT2D eigenvalue weighted by Gasteiger charge is -2.19. The van der Waals surface area contributed by atoms with Crippen LogP contribution in [-0.4, -0.2) is 30.8 Å². The summed E-state index contributed by atoms with van der Waals surface area (Å²) >= 11 is 0. The largest absolute Gasteiger partial charge is 0.478 e. The van der Waals surface area contributed by atoms with Crippen molar-refractivity contribution in [3.05, 3.63) is 65.4 Å². The number of carbonyl (C=O) groups is 1. The fourth-order valence-corrected chi connectivity index (χ4v) is 4.45. The lowest BCUT2D eigenvalue weighted by atomic mass is 9.87. The SMILES string of the molecule is CCCn1nc(CC2CCCCC2)nc1Cc1ccc(-c2ncccc2C(=O)O)cc1. The summed E-state index contributed by atoms with van der Waals surface area (Å²) in [6.45, 7) is 3.04. The molecule has 2 heterocycles. The third-order valence-electron chi connectivity index (χ3n) is 6.05. The van der Waals surface area contributed by atoms with E-state index in [4.69, 9.17) is 10.1 Å². The molecule has 1 fully saturated rings. The Morgan fingerprint density at radius 3 is 2.61 bits per heavy atom. The van der Waals surface area contributed by atoms with Crippen molar-refractivity contribution >= 4 is 5.97 Å². The van der Waals surface area contributed by atoms with Gasteiger partial charge in [-0.3, -0.25) is 4.98 Å². The van der Waals surface area contributed by atoms with Gasteiger partial charge in [0, 0.05) is 31.1 Å². The number of rotatable bonds is 8. The van der Waals surface area contributed by atoms with Crippen LogP contribution in [0.4, 0.5) is 0 Å². The molecule has 162 valence electrons. The zero-order valence-corrected chi connectivity index (χ0v) is 18.1. The molecule has 3 aromatic rings. The topological polar surface area (TPSA) is 80.9 Å². The third-order valence-corrected chi connectivity index (χ3v) is 6.05. The van der Waals surface area contributed by atoms with Crippen LogP contribution >= 0.6 is 0 Å². The lowest BCUT2D eigenvalue weighted by Crippen LogP contribution is -2.10. The van der Waals surface area contributed by atoms with Gasteiger partial charge in [0.25, 0.3) is 0 Å². The first-order valence-corrected chi connectivity index (χ1v) is 11.3. The van der Waals surface area contributed by atoms with Crippen molar-refractivity contribution in [2.75, 3.05) is 0 Å². The quantitative estimate of drug-likeness (QED) is 0.546. The van der Waals surface area contributed by atoms with Crippen LogP contribution in [0.2, 0.25) is 0 Å². The van der Waals surface area contributed by atoms with Crippen molar-refractivity contribution < 1.29 is 9.90 Å². The van der Waals surface area contributed by atoms with E-state index in [1.165, 1.54) is 32.1 Å². The highest BCUT2D eigenvalue weighted by Gasteiger charge is 2.18. The van der Waals surface area contributed by atoms with Crippen molar-refractivity contribution in [3.63, 3.8) is 0 Å². The van der Waals surface area contributed by atoms with Gasteiger partial charge in [0.05, 0.1) is 11.3 Å². The molecule has 1 aliphatic rings. The Morgan fingerprint density at radius 2 is 1.90 bits per heavy atom. The van der Waals surface area contributed by atoms with Crippen LogP contribution in [0.3, 0.4) is 0 Å². The number of pyridine rings is 1. The van der Waals surface area contributed by atoms with Crippen molar-refractivity contribution in [2.24, 2.45) is 5.92 Å². The average Bonchev–Trinajstić information content (AvgIpc) is 3.16. The first-order chi connectivity index (χ1) is 15.1. The van der Waals surface area contributed by atoms with Gasteiger partial charge in [-0.25, -0.2) is 14.5 Å². The Labute approximate surface area is 183 Å². The second-order valence-corrected chi connectivity index (χ2v) is 8.45. The van der Waals surface area contributed by atoms with Gasteiger partial charge < -0.3 is 5.11 Å². The molecule has 1 aliphatic carbocycles. The van der Waals surface area contributed by atoms with Crippen LogP contribution in [0.15, 0.2) is 42.6 Å². The molecule has 31 heavy (non-hydrogen) atoms. The van der Waals surface area contributed by atoms with E-state index in [2.05, 4.69) is 16.6 Å². The van der Waals surface area contributed by atoms with Gasteiger partial charge in [-0.2, -0.15) is 5.10 Å². The molecule has 1 saturated carbocycles. The van der Waals surface area contributed by atoms with Gasteiger partial charge in [0.1, 0.15) is 5.82 Å². The van der Waals surface area contributed by atoms with Gasteiger partial charge in [0.2, 0.25) is 0 Å². The Hall–Kier alpha value is -3.02. The summed E-state index contributed by atoms with van der Waals surface area (Å²) in [5, 5.41) is 14.2. The number of nitrogens with zero attached hydrogens (tertiary/aromatic N) is 4. The summed E-state index contributed by atoms with van der Waals surface area (Å²) in [6, 6.07) is 11.2. The van der Waals surface area contributed by atoms with Gasteiger partial charge in [-0.05, 0) is 30.0 Å². The molecule has 0 unspecified atom stereocenters. The molecule has 0 amide bonds. The van der Waals surface area contributed by atoms with Gasteiger partial charge in [-0.1, -0.05) is 63.3 Å². The van der Waals surface area contributed by atoms with Gasteiger partial charge in [0.15, 0.2) is 5.82 Å². The van der Waals surface area contributed by atoms with E-state index in [1.807, 2.05) is 24.3 Å². The number of hydrogen-bond acceptors (Lipinski definition) is 4. The molecule has 2 aromatic heterocycles. The highest BCUT2D eigenvalue weighted by molar-refractivity contribution is 5.94. The molecule has 0 aliphatic heterocycles. The molecule has 1 aromatic carbocycles. The summed E-state index contributed by atoms with van der Waals surface area (Å²) in [4.78, 5) is 20.7. The second-order valence-electron chi connectivity index (χ2n) is 8.45. The lowest BCUT2D eigenvalue weighted by molar-refractivity contribution is 0.0697. The van der Waals surface area contributed by atoms with E-state index in [0.717, 1.165) is 48.1 Å². The molecule has 4 rings (SSSR count). The van der Waals surface area contributed by atoms with Crippen molar-refractivity contribution in [3.8, 4) is 11.3 Å². The molecular formula is C25H30N4O2. The Kier molecular flexibility index (Phi) is 6.75. The summed E-state index contributed by atoms with van der Waals surface area (Å²) in [6.07, 6.45) is 11.0. The number of carboxylic acids is 1. The maximum atomic E-state index is 11.5. The monoisotopic (exact) mass is 418 g/mol. The number of aryl methyl sites for hydroxylation is 1. The minimum Gasteiger partial charge on any atom is -0.478 e. The number of benzene rings is 1. The molecule has 0 radical (unpaired) electrons. The molecular weight excluding hydrogens is 388 g/mol. The van der Waals surface area contributed by atoms with E-state index in [9.17, 15) is 9.90 Å². The molecule has 6 nitrogen and oxygen atoms in total. The Balaban J connectivity index is 1.51. The van der Waals surface area contributed by atoms with Crippen LogP contribution in [0.25, 0.3) is 11.3 Å². The summed E-state index contributed by atoms with van der Waals surface area (Å²) in [7, 11) is 0. The highest BCUT2D eigenvalue weighted by atomic mass is 16.4. The van der Waals surface area contributed by atoms with Gasteiger partial charge in [-0.15, -0.1) is 0 Å². The molecule has 0 atom stereocenters. The van der Waals surface area contributed by atoms with Gasteiger partial charge >= 0.3 is 5.97 Å². The van der Waals surface area contributed by atoms with E-state index in [1.54, 1.807) is 18.3 Å². The third kappa shape index (κ3) is 5.19. The predicted octanol–water partition coefficient (Wildman–Crippen LogP) is 5.16. The molecule has 0 saturated heterocycles. The van der Waals surface area contributed by atoms with Crippen molar-refractivity contribution in [1.29, 1.82) is 0 Å². The highest BCUT2D eigenvalue weighted by Crippen LogP contribution is 2.26. The summed E-state index contributed by atoms with van der Waals surface area (Å²) in [5.41, 5.74) is 2.64. The fraction of sp³-hybridized carbons (Fsp3) is 0.440. The van der Waals surface area contributed by atoms with Crippen LogP contribution in [0.5, 0.6) is 0 Å². The smallest absolute Gasteiger partial charge is 0.337 e. The number of hydrogen-bond donors (Lipinski definition) is 1. The standard InChI is InChI=1S/C25H30N4O2/c1-2-15-29-23(27-22(28-29)16-18-7-4-3-5-8-18)17-19-10-12-20(13-11-19)24-21(25(30)31)9-6-14-26-24/h6,9-14,18H,2-5,7-8,15-17H2,1H3,(H,30,31). The fourth-order valence-electron chi connectivity index (χ4n) is 4.45. The Bertz CT molecular complexity index is 1020. The van der Waals surface area contributed by atoms with Crippen LogP contribution in [-0.2, 0) is 19.4 Å². The zero-order valence-electron chi connectivity index (χ0n) is 18.1.